The lowest BCUT2D eigenvalue weighted by atomic mass is 10.1. The van der Waals surface area contributed by atoms with Gasteiger partial charge in [0.25, 0.3) is 0 Å². The van der Waals surface area contributed by atoms with E-state index in [0.29, 0.717) is 18.1 Å². The topological polar surface area (TPSA) is 49.4 Å². The zero-order chi connectivity index (χ0) is 19.1. The maximum Gasteiger partial charge on any atom is 0.242 e. The molecule has 26 heavy (non-hydrogen) atoms. The monoisotopic (exact) mass is 372 g/mol. The summed E-state index contributed by atoms with van der Waals surface area (Å²) in [5.74, 6) is -0.259. The van der Waals surface area contributed by atoms with Crippen molar-refractivity contribution in [2.24, 2.45) is 0 Å². The molecule has 0 aliphatic rings. The SMILES string of the molecule is CCNC(=O)C(C)N(Cc1ccc(C)cc1)C(=O)Cc1cccc(Cl)c1. The van der Waals surface area contributed by atoms with E-state index in [0.717, 1.165) is 16.7 Å². The van der Waals surface area contributed by atoms with Crippen LogP contribution in [0.3, 0.4) is 0 Å². The van der Waals surface area contributed by atoms with Gasteiger partial charge in [-0.3, -0.25) is 9.59 Å². The number of halogens is 1. The molecule has 1 unspecified atom stereocenters. The number of nitrogens with zero attached hydrogens (tertiary/aromatic N) is 1. The summed E-state index contributed by atoms with van der Waals surface area (Å²) in [5, 5.41) is 3.39. The van der Waals surface area contributed by atoms with Crippen molar-refractivity contribution in [1.82, 2.24) is 10.2 Å². The molecule has 5 heteroatoms. The molecular weight excluding hydrogens is 348 g/mol. The largest absolute Gasteiger partial charge is 0.355 e. The van der Waals surface area contributed by atoms with Gasteiger partial charge in [0.2, 0.25) is 11.8 Å². The van der Waals surface area contributed by atoms with Crippen LogP contribution in [0.25, 0.3) is 0 Å². The van der Waals surface area contributed by atoms with E-state index in [2.05, 4.69) is 5.32 Å². The lowest BCUT2D eigenvalue weighted by Crippen LogP contribution is -2.48. The van der Waals surface area contributed by atoms with Gasteiger partial charge in [-0.05, 0) is 44.0 Å². The molecule has 1 atom stereocenters. The Kier molecular flexibility index (Phi) is 7.22. The molecular formula is C21H25ClN2O2. The number of likely N-dealkylation sites (N-methyl/N-ethyl adjacent to an activating group) is 1. The molecule has 0 fully saturated rings. The molecule has 0 aliphatic heterocycles. The number of rotatable bonds is 7. The third kappa shape index (κ3) is 5.60. The third-order valence-electron chi connectivity index (χ3n) is 4.24. The normalized spacial score (nSPS) is 11.7. The standard InChI is InChI=1S/C21H25ClN2O2/c1-4-23-21(26)16(3)24(14-17-10-8-15(2)9-11-17)20(25)13-18-6-5-7-19(22)12-18/h5-12,16H,4,13-14H2,1-3H3,(H,23,26). The van der Waals surface area contributed by atoms with Gasteiger partial charge in [0, 0.05) is 18.1 Å². The van der Waals surface area contributed by atoms with E-state index in [9.17, 15) is 9.59 Å². The summed E-state index contributed by atoms with van der Waals surface area (Å²) >= 11 is 6.02. The van der Waals surface area contributed by atoms with Crippen LogP contribution in [0.4, 0.5) is 0 Å². The van der Waals surface area contributed by atoms with Crippen molar-refractivity contribution in [3.63, 3.8) is 0 Å². The average Bonchev–Trinajstić information content (AvgIpc) is 2.60. The molecule has 0 saturated carbocycles. The molecule has 4 nitrogen and oxygen atoms in total. The van der Waals surface area contributed by atoms with Crippen LogP contribution in [-0.2, 0) is 22.6 Å². The van der Waals surface area contributed by atoms with Crippen LogP contribution in [0.1, 0.15) is 30.5 Å². The predicted molar refractivity (Wildman–Crippen MR) is 105 cm³/mol. The molecule has 1 N–H and O–H groups in total. The number of aryl methyl sites for hydroxylation is 1. The van der Waals surface area contributed by atoms with Crippen LogP contribution >= 0.6 is 11.6 Å². The summed E-state index contributed by atoms with van der Waals surface area (Å²) in [6, 6.07) is 14.7. The van der Waals surface area contributed by atoms with E-state index < -0.39 is 6.04 Å². The maximum absolute atomic E-state index is 12.9. The minimum Gasteiger partial charge on any atom is -0.355 e. The van der Waals surface area contributed by atoms with Gasteiger partial charge < -0.3 is 10.2 Å². The summed E-state index contributed by atoms with van der Waals surface area (Å²) in [7, 11) is 0. The molecule has 0 saturated heterocycles. The Balaban J connectivity index is 2.21. The minimum atomic E-state index is -0.553. The number of hydrogen-bond acceptors (Lipinski definition) is 2. The van der Waals surface area contributed by atoms with E-state index >= 15 is 0 Å². The van der Waals surface area contributed by atoms with Crippen molar-refractivity contribution >= 4 is 23.4 Å². The quantitative estimate of drug-likeness (QED) is 0.804. The lowest BCUT2D eigenvalue weighted by molar-refractivity contribution is -0.140. The lowest BCUT2D eigenvalue weighted by Gasteiger charge is -2.29. The molecule has 138 valence electrons. The van der Waals surface area contributed by atoms with Crippen LogP contribution < -0.4 is 5.32 Å². The van der Waals surface area contributed by atoms with Gasteiger partial charge in [-0.15, -0.1) is 0 Å². The second-order valence-electron chi connectivity index (χ2n) is 6.38. The Hall–Kier alpha value is -2.33. The molecule has 0 aliphatic carbocycles. The Bertz CT molecular complexity index is 759. The first-order chi connectivity index (χ1) is 12.4. The molecule has 0 bridgehead atoms. The molecule has 0 spiro atoms. The number of carbonyl (C=O) groups excluding carboxylic acids is 2. The van der Waals surface area contributed by atoms with Gasteiger partial charge in [0.05, 0.1) is 6.42 Å². The molecule has 0 radical (unpaired) electrons. The van der Waals surface area contributed by atoms with Crippen LogP contribution in [-0.4, -0.2) is 29.3 Å². The first kappa shape index (κ1) is 20.0. The second kappa shape index (κ2) is 9.39. The minimum absolute atomic E-state index is 0.105. The molecule has 2 rings (SSSR count). The van der Waals surface area contributed by atoms with E-state index in [1.807, 2.05) is 50.2 Å². The number of hydrogen-bond donors (Lipinski definition) is 1. The van der Waals surface area contributed by atoms with Gasteiger partial charge in [0.15, 0.2) is 0 Å². The van der Waals surface area contributed by atoms with Gasteiger partial charge in [-0.2, -0.15) is 0 Å². The van der Waals surface area contributed by atoms with Crippen LogP contribution in [0, 0.1) is 6.92 Å². The zero-order valence-electron chi connectivity index (χ0n) is 15.5. The summed E-state index contributed by atoms with van der Waals surface area (Å²) < 4.78 is 0. The van der Waals surface area contributed by atoms with E-state index in [1.165, 1.54) is 0 Å². The maximum atomic E-state index is 12.9. The number of amides is 2. The number of carbonyl (C=O) groups is 2. The van der Waals surface area contributed by atoms with Crippen LogP contribution in [0.5, 0.6) is 0 Å². The second-order valence-corrected chi connectivity index (χ2v) is 6.82. The van der Waals surface area contributed by atoms with Gasteiger partial charge in [0.1, 0.15) is 6.04 Å². The molecule has 0 aromatic heterocycles. The Morgan fingerprint density at radius 1 is 1.12 bits per heavy atom. The van der Waals surface area contributed by atoms with Crippen molar-refractivity contribution in [2.75, 3.05) is 6.54 Å². The third-order valence-corrected chi connectivity index (χ3v) is 4.47. The number of nitrogens with one attached hydrogen (secondary N) is 1. The zero-order valence-corrected chi connectivity index (χ0v) is 16.2. The van der Waals surface area contributed by atoms with Gasteiger partial charge in [-0.25, -0.2) is 0 Å². The summed E-state index contributed by atoms with van der Waals surface area (Å²) in [6.45, 7) is 6.56. The van der Waals surface area contributed by atoms with E-state index in [1.54, 1.807) is 24.0 Å². The molecule has 0 heterocycles. The fraction of sp³-hybridized carbons (Fsp3) is 0.333. The molecule has 2 aromatic rings. The van der Waals surface area contributed by atoms with Crippen molar-refractivity contribution in [2.45, 2.75) is 39.8 Å². The van der Waals surface area contributed by atoms with Gasteiger partial charge >= 0.3 is 0 Å². The van der Waals surface area contributed by atoms with Crippen molar-refractivity contribution in [3.8, 4) is 0 Å². The fourth-order valence-electron chi connectivity index (χ4n) is 2.72. The van der Waals surface area contributed by atoms with Gasteiger partial charge in [-0.1, -0.05) is 53.6 Å². The highest BCUT2D eigenvalue weighted by atomic mass is 35.5. The van der Waals surface area contributed by atoms with Crippen LogP contribution in [0.2, 0.25) is 5.02 Å². The highest BCUT2D eigenvalue weighted by Gasteiger charge is 2.25. The van der Waals surface area contributed by atoms with Crippen molar-refractivity contribution in [1.29, 1.82) is 0 Å². The van der Waals surface area contributed by atoms with E-state index in [-0.39, 0.29) is 18.2 Å². The van der Waals surface area contributed by atoms with Crippen molar-refractivity contribution in [3.05, 3.63) is 70.2 Å². The van der Waals surface area contributed by atoms with Crippen LogP contribution in [0.15, 0.2) is 48.5 Å². The first-order valence-corrected chi connectivity index (χ1v) is 9.15. The Morgan fingerprint density at radius 3 is 2.42 bits per heavy atom. The predicted octanol–water partition coefficient (Wildman–Crippen LogP) is 3.74. The molecule has 2 aromatic carbocycles. The Morgan fingerprint density at radius 2 is 1.81 bits per heavy atom. The summed E-state index contributed by atoms with van der Waals surface area (Å²) in [6.07, 6.45) is 0.205. The highest BCUT2D eigenvalue weighted by molar-refractivity contribution is 6.30. The average molecular weight is 373 g/mol. The Labute approximate surface area is 160 Å². The number of benzene rings is 2. The van der Waals surface area contributed by atoms with Crippen molar-refractivity contribution < 1.29 is 9.59 Å². The van der Waals surface area contributed by atoms with E-state index in [4.69, 9.17) is 11.6 Å². The first-order valence-electron chi connectivity index (χ1n) is 8.78. The summed E-state index contributed by atoms with van der Waals surface area (Å²) in [5.41, 5.74) is 2.98. The smallest absolute Gasteiger partial charge is 0.242 e. The fourth-order valence-corrected chi connectivity index (χ4v) is 2.93. The summed E-state index contributed by atoms with van der Waals surface area (Å²) in [4.78, 5) is 26.9. The molecule has 2 amide bonds. The highest BCUT2D eigenvalue weighted by Crippen LogP contribution is 2.15.